The van der Waals surface area contributed by atoms with Crippen molar-refractivity contribution >= 4 is 43.7 Å². The number of benzene rings is 2. The number of ether oxygens (including phenoxy) is 2. The van der Waals surface area contributed by atoms with Gasteiger partial charge >= 0.3 is 15.2 Å². The maximum atomic E-state index is 14.5. The molecule has 0 saturated carbocycles. The lowest BCUT2D eigenvalue weighted by Gasteiger charge is -2.52. The molecule has 6 rings (SSSR count). The minimum absolute atomic E-state index is 0.00653. The summed E-state index contributed by atoms with van der Waals surface area (Å²) >= 11 is 0. The van der Waals surface area contributed by atoms with E-state index in [-0.39, 0.29) is 31.2 Å². The summed E-state index contributed by atoms with van der Waals surface area (Å²) in [4.78, 5) is 68.3. The minimum Gasteiger partial charge on any atom is -0.378 e. The molecule has 54 heavy (non-hydrogen) atoms. The number of nitrogens with zero attached hydrogens (tertiary/aromatic N) is 2. The predicted octanol–water partition coefficient (Wildman–Crippen LogP) is 2.94. The fraction of sp³-hybridized carbons (Fsp3) is 0.514. The van der Waals surface area contributed by atoms with Crippen LogP contribution in [0.1, 0.15) is 62.0 Å². The molecule has 3 saturated heterocycles. The molecule has 3 aliphatic rings. The molecule has 1 aromatic heterocycles. The van der Waals surface area contributed by atoms with Crippen LogP contribution < -0.4 is 16.0 Å². The molecule has 0 spiro atoms. The number of hydrogen-bond acceptors (Lipinski definition) is 12. The highest BCUT2D eigenvalue weighted by Gasteiger charge is 2.72. The van der Waals surface area contributed by atoms with Crippen LogP contribution in [0.5, 0.6) is 0 Å². The summed E-state index contributed by atoms with van der Waals surface area (Å²) in [5.74, 6) is -1.91. The first-order valence-corrected chi connectivity index (χ1v) is 20.9. The van der Waals surface area contributed by atoms with Crippen molar-refractivity contribution in [3.8, 4) is 0 Å². The van der Waals surface area contributed by atoms with E-state index in [2.05, 4.69) is 35.3 Å². The Bertz CT molecular complexity index is 1940. The Labute approximate surface area is 311 Å². The van der Waals surface area contributed by atoms with Gasteiger partial charge in [0, 0.05) is 44.0 Å². The molecule has 0 radical (unpaired) electrons. The second-order valence-electron chi connectivity index (χ2n) is 14.5. The van der Waals surface area contributed by atoms with Gasteiger partial charge in [-0.2, -0.15) is 0 Å². The van der Waals surface area contributed by atoms with Gasteiger partial charge in [0.2, 0.25) is 11.8 Å². The molecular formula is C35H45N5O12P2. The molecule has 3 fully saturated rings. The van der Waals surface area contributed by atoms with Gasteiger partial charge in [0.15, 0.2) is 0 Å². The lowest BCUT2D eigenvalue weighted by Crippen LogP contribution is -2.67. The van der Waals surface area contributed by atoms with E-state index in [9.17, 15) is 38.4 Å². The molecular weight excluding hydrogens is 744 g/mol. The van der Waals surface area contributed by atoms with Gasteiger partial charge in [0.05, 0.1) is 25.3 Å². The average Bonchev–Trinajstić information content (AvgIpc) is 3.78. The SMILES string of the molecule is CC(C)C[C@H](NC(=O)[C@H](Cc1cccc2ccccc12)NC(=O)c1cnccn1)C12COCCC1(CCNC(=O)CC(O)(P(=O)(O)O)P1(=O)OO1)CCO2. The maximum Gasteiger partial charge on any atom is 0.429 e. The highest BCUT2D eigenvalue weighted by molar-refractivity contribution is 7.75. The van der Waals surface area contributed by atoms with E-state index in [1.54, 1.807) is 0 Å². The lowest BCUT2D eigenvalue weighted by molar-refractivity contribution is -0.179. The van der Waals surface area contributed by atoms with Crippen molar-refractivity contribution < 1.29 is 57.2 Å². The number of aliphatic hydroxyl groups is 1. The number of fused-ring (bicyclic) bond motifs is 2. The van der Waals surface area contributed by atoms with Crippen LogP contribution in [0.2, 0.25) is 0 Å². The molecule has 0 bridgehead atoms. The number of amides is 3. The van der Waals surface area contributed by atoms with Crippen LogP contribution in [-0.4, -0.2) is 91.7 Å². The van der Waals surface area contributed by atoms with Crippen LogP contribution in [0.3, 0.4) is 0 Å². The number of nitrogens with one attached hydrogen (secondary N) is 3. The van der Waals surface area contributed by atoms with Crippen LogP contribution >= 0.6 is 15.2 Å². The van der Waals surface area contributed by atoms with Crippen molar-refractivity contribution in [2.75, 3.05) is 26.4 Å². The first kappa shape index (κ1) is 40.0. The van der Waals surface area contributed by atoms with Gasteiger partial charge in [-0.05, 0) is 47.9 Å². The Kier molecular flexibility index (Phi) is 11.8. The zero-order valence-electron chi connectivity index (χ0n) is 29.9. The third-order valence-corrected chi connectivity index (χ3v) is 14.7. The van der Waals surface area contributed by atoms with Crippen molar-refractivity contribution in [3.05, 3.63) is 72.3 Å². The standard InChI is InChI=1S/C35H45N5O12P2/c1-23(2)18-29(40-31(42)27(39-32(43)28-21-36-14-15-37-28)19-25-8-5-7-24-6-3-4-9-26(24)25)34-22-49-16-11-33(34,12-17-50-34)10-13-38-30(41)20-35(44,53(45,46)47)54(48)51-52-54/h3-9,14-15,21,23,27,29,44H,10-13,16-20,22H2,1-2H3,(H,38,41)(H,39,43)(H,40,42)(H2,45,46,47)/t27-,29-,33?,34?,35?/m0/s1. The van der Waals surface area contributed by atoms with Gasteiger partial charge < -0.3 is 40.3 Å². The number of rotatable bonds is 16. The quantitative estimate of drug-likeness (QED) is 0.0694. The fourth-order valence-corrected chi connectivity index (χ4v) is 10.4. The van der Waals surface area contributed by atoms with Crippen LogP contribution in [0.15, 0.2) is 61.1 Å². The molecule has 292 valence electrons. The van der Waals surface area contributed by atoms with E-state index in [0.29, 0.717) is 38.9 Å². The Morgan fingerprint density at radius 2 is 1.78 bits per heavy atom. The summed E-state index contributed by atoms with van der Waals surface area (Å²) in [5, 5.41) is 17.8. The second kappa shape index (κ2) is 15.8. The molecule has 3 unspecified atom stereocenters. The summed E-state index contributed by atoms with van der Waals surface area (Å²) in [7, 11) is -10.1. The van der Waals surface area contributed by atoms with Crippen LogP contribution in [-0.2, 0) is 44.0 Å². The van der Waals surface area contributed by atoms with Gasteiger partial charge in [-0.25, -0.2) is 4.98 Å². The molecule has 2 aromatic carbocycles. The third-order valence-electron chi connectivity index (χ3n) is 10.6. The van der Waals surface area contributed by atoms with Gasteiger partial charge in [-0.15, -0.1) is 9.35 Å². The molecule has 6 N–H and O–H groups in total. The largest absolute Gasteiger partial charge is 0.429 e. The molecule has 3 amide bonds. The van der Waals surface area contributed by atoms with Gasteiger partial charge in [0.1, 0.15) is 17.3 Å². The number of carbonyl (C=O) groups is 3. The topological polar surface area (TPSA) is 251 Å². The first-order valence-electron chi connectivity index (χ1n) is 17.7. The molecule has 3 aliphatic heterocycles. The highest BCUT2D eigenvalue weighted by atomic mass is 31.2. The van der Waals surface area contributed by atoms with E-state index in [4.69, 9.17) is 9.47 Å². The van der Waals surface area contributed by atoms with E-state index in [1.165, 1.54) is 18.6 Å². The van der Waals surface area contributed by atoms with Gasteiger partial charge in [0.25, 0.3) is 11.0 Å². The second-order valence-corrected chi connectivity index (χ2v) is 18.7. The Hall–Kier alpha value is -3.63. The third kappa shape index (κ3) is 8.01. The average molecular weight is 790 g/mol. The van der Waals surface area contributed by atoms with Crippen molar-refractivity contribution in [1.82, 2.24) is 25.9 Å². The van der Waals surface area contributed by atoms with Crippen molar-refractivity contribution in [3.63, 3.8) is 0 Å². The zero-order valence-corrected chi connectivity index (χ0v) is 31.7. The Morgan fingerprint density at radius 1 is 1.04 bits per heavy atom. The van der Waals surface area contributed by atoms with Crippen LogP contribution in [0.4, 0.5) is 0 Å². The summed E-state index contributed by atoms with van der Waals surface area (Å²) in [6.07, 6.45) is 4.97. The van der Waals surface area contributed by atoms with Crippen molar-refractivity contribution in [2.45, 2.75) is 75.1 Å². The summed E-state index contributed by atoms with van der Waals surface area (Å²) in [6.45, 7) is 4.87. The highest BCUT2D eigenvalue weighted by Crippen LogP contribution is 2.82. The molecule has 5 atom stereocenters. The van der Waals surface area contributed by atoms with Crippen LogP contribution in [0, 0.1) is 11.3 Å². The molecule has 4 heterocycles. The number of carbonyl (C=O) groups excluding carboxylic acids is 3. The fourth-order valence-electron chi connectivity index (χ4n) is 7.73. The Balaban J connectivity index is 1.24. The van der Waals surface area contributed by atoms with E-state index < -0.39 is 67.5 Å². The van der Waals surface area contributed by atoms with Crippen molar-refractivity contribution in [1.29, 1.82) is 0 Å². The van der Waals surface area contributed by atoms with E-state index >= 15 is 0 Å². The Morgan fingerprint density at radius 3 is 2.48 bits per heavy atom. The minimum atomic E-state index is -5.53. The van der Waals surface area contributed by atoms with E-state index in [1.807, 2.05) is 56.3 Å². The maximum absolute atomic E-state index is 14.5. The summed E-state index contributed by atoms with van der Waals surface area (Å²) in [6, 6.07) is 11.9. The first-order chi connectivity index (χ1) is 25.6. The lowest BCUT2D eigenvalue weighted by atomic mass is 9.62. The predicted molar refractivity (Wildman–Crippen MR) is 193 cm³/mol. The monoisotopic (exact) mass is 789 g/mol. The van der Waals surface area contributed by atoms with Crippen molar-refractivity contribution in [2.24, 2.45) is 11.3 Å². The normalized spacial score (nSPS) is 24.2. The molecule has 0 aliphatic carbocycles. The molecule has 17 nitrogen and oxygen atoms in total. The van der Waals surface area contributed by atoms with Gasteiger partial charge in [-0.3, -0.25) is 28.5 Å². The zero-order chi connectivity index (χ0) is 38.8. The van der Waals surface area contributed by atoms with E-state index in [0.717, 1.165) is 16.3 Å². The number of hydrogen-bond donors (Lipinski definition) is 6. The van der Waals surface area contributed by atoms with Gasteiger partial charge in [-0.1, -0.05) is 56.3 Å². The van der Waals surface area contributed by atoms with Crippen LogP contribution in [0.25, 0.3) is 10.8 Å². The summed E-state index contributed by atoms with van der Waals surface area (Å²) < 4.78 is 45.4. The smallest absolute Gasteiger partial charge is 0.378 e. The molecule has 19 heteroatoms. The summed E-state index contributed by atoms with van der Waals surface area (Å²) in [5.41, 5.74) is -0.782. The number of aromatic nitrogens is 2. The molecule has 3 aromatic rings.